The number of nitrogens with zero attached hydrogens (tertiary/aromatic N) is 4. The Balaban J connectivity index is 1.76. The highest BCUT2D eigenvalue weighted by Crippen LogP contribution is 2.26. The van der Waals surface area contributed by atoms with Crippen LogP contribution in [0.1, 0.15) is 25.3 Å². The van der Waals surface area contributed by atoms with Crippen LogP contribution in [0.15, 0.2) is 54.7 Å². The number of benzene rings is 2. The molecule has 0 spiro atoms. The van der Waals surface area contributed by atoms with E-state index in [1.54, 1.807) is 6.20 Å². The third kappa shape index (κ3) is 4.27. The topological polar surface area (TPSA) is 66.0 Å². The van der Waals surface area contributed by atoms with Gasteiger partial charge in [0, 0.05) is 31.2 Å². The zero-order chi connectivity index (χ0) is 18.5. The fourth-order valence-corrected chi connectivity index (χ4v) is 2.64. The minimum Gasteiger partial charge on any atom is -0.378 e. The van der Waals surface area contributed by atoms with Crippen molar-refractivity contribution in [2.45, 2.75) is 19.8 Å². The van der Waals surface area contributed by atoms with Crippen LogP contribution < -0.4 is 15.5 Å². The molecule has 3 rings (SSSR count). The highest BCUT2D eigenvalue weighted by atomic mass is 15.3. The number of aromatic nitrogens is 3. The Morgan fingerprint density at radius 1 is 0.923 bits per heavy atom. The highest BCUT2D eigenvalue weighted by Gasteiger charge is 2.08. The van der Waals surface area contributed by atoms with Crippen LogP contribution in [-0.2, 0) is 0 Å². The lowest BCUT2D eigenvalue weighted by Gasteiger charge is -2.14. The lowest BCUT2D eigenvalue weighted by Crippen LogP contribution is -2.08. The van der Waals surface area contributed by atoms with Gasteiger partial charge in [-0.05, 0) is 41.8 Å². The summed E-state index contributed by atoms with van der Waals surface area (Å²) in [4.78, 5) is 6.57. The third-order valence-electron chi connectivity index (χ3n) is 4.04. The molecule has 0 saturated heterocycles. The molecule has 2 N–H and O–H groups in total. The van der Waals surface area contributed by atoms with Crippen LogP contribution in [0.3, 0.4) is 0 Å². The number of nitrogens with one attached hydrogen (secondary N) is 2. The Morgan fingerprint density at radius 3 is 2.35 bits per heavy atom. The predicted molar refractivity (Wildman–Crippen MR) is 108 cm³/mol. The number of hydrogen-bond donors (Lipinski definition) is 2. The summed E-state index contributed by atoms with van der Waals surface area (Å²) in [5.74, 6) is 1.52. The van der Waals surface area contributed by atoms with E-state index in [-0.39, 0.29) is 0 Å². The van der Waals surface area contributed by atoms with E-state index in [1.807, 2.05) is 56.6 Å². The Hall–Kier alpha value is -3.15. The molecule has 0 aliphatic heterocycles. The molecular formula is C20H24N6. The molecule has 134 valence electrons. The van der Waals surface area contributed by atoms with Crippen LogP contribution in [0.25, 0.3) is 0 Å². The summed E-state index contributed by atoms with van der Waals surface area (Å²) in [5, 5.41) is 14.7. The van der Waals surface area contributed by atoms with Gasteiger partial charge in [0.25, 0.3) is 0 Å². The molecule has 26 heavy (non-hydrogen) atoms. The van der Waals surface area contributed by atoms with Crippen LogP contribution >= 0.6 is 0 Å². The molecule has 1 heterocycles. The molecule has 6 nitrogen and oxygen atoms in total. The molecule has 0 atom stereocenters. The minimum atomic E-state index is 0.418. The van der Waals surface area contributed by atoms with E-state index in [4.69, 9.17) is 0 Å². The zero-order valence-electron chi connectivity index (χ0n) is 15.6. The summed E-state index contributed by atoms with van der Waals surface area (Å²) in [6.07, 6.45) is 1.62. The average molecular weight is 348 g/mol. The van der Waals surface area contributed by atoms with Gasteiger partial charge in [-0.15, -0.1) is 5.10 Å². The van der Waals surface area contributed by atoms with E-state index in [0.717, 1.165) is 17.1 Å². The van der Waals surface area contributed by atoms with Crippen molar-refractivity contribution in [3.8, 4) is 0 Å². The van der Waals surface area contributed by atoms with E-state index < -0.39 is 0 Å². The van der Waals surface area contributed by atoms with Crippen molar-refractivity contribution in [3.05, 3.63) is 60.3 Å². The Labute approximate surface area is 154 Å². The van der Waals surface area contributed by atoms with Gasteiger partial charge in [0.15, 0.2) is 5.82 Å². The summed E-state index contributed by atoms with van der Waals surface area (Å²) in [5.41, 5.74) is 4.32. The number of hydrogen-bond acceptors (Lipinski definition) is 6. The average Bonchev–Trinajstić information content (AvgIpc) is 2.63. The van der Waals surface area contributed by atoms with Crippen LogP contribution in [0.4, 0.5) is 28.8 Å². The van der Waals surface area contributed by atoms with Crippen LogP contribution in [0.5, 0.6) is 0 Å². The maximum absolute atomic E-state index is 4.52. The van der Waals surface area contributed by atoms with Crippen molar-refractivity contribution in [2.24, 2.45) is 0 Å². The molecule has 0 fully saturated rings. The van der Waals surface area contributed by atoms with Gasteiger partial charge in [0.2, 0.25) is 5.95 Å². The summed E-state index contributed by atoms with van der Waals surface area (Å²) >= 11 is 0. The predicted octanol–water partition coefficient (Wildman–Crippen LogP) is 4.55. The van der Waals surface area contributed by atoms with Crippen molar-refractivity contribution >= 4 is 28.8 Å². The molecule has 0 amide bonds. The largest absolute Gasteiger partial charge is 0.378 e. The molecule has 0 aliphatic rings. The van der Waals surface area contributed by atoms with Crippen LogP contribution in [0, 0.1) is 0 Å². The fourth-order valence-electron chi connectivity index (χ4n) is 2.64. The molecule has 0 aliphatic carbocycles. The van der Waals surface area contributed by atoms with Gasteiger partial charge in [0.05, 0.1) is 6.20 Å². The summed E-state index contributed by atoms with van der Waals surface area (Å²) < 4.78 is 0. The molecule has 0 saturated carbocycles. The molecule has 6 heteroatoms. The quantitative estimate of drug-likeness (QED) is 0.681. The van der Waals surface area contributed by atoms with Crippen molar-refractivity contribution < 1.29 is 0 Å². The minimum absolute atomic E-state index is 0.418. The van der Waals surface area contributed by atoms with Gasteiger partial charge in [-0.1, -0.05) is 32.0 Å². The van der Waals surface area contributed by atoms with Gasteiger partial charge in [-0.2, -0.15) is 10.1 Å². The molecule has 0 bridgehead atoms. The maximum Gasteiger partial charge on any atom is 0.249 e. The van der Waals surface area contributed by atoms with Crippen molar-refractivity contribution in [1.82, 2.24) is 15.2 Å². The van der Waals surface area contributed by atoms with Crippen molar-refractivity contribution in [2.75, 3.05) is 29.6 Å². The SMILES string of the molecule is CC(C)c1ccccc1Nc1cnnc(Nc2ccc(N(C)C)cc2)n1. The zero-order valence-corrected chi connectivity index (χ0v) is 15.6. The molecular weight excluding hydrogens is 324 g/mol. The smallest absolute Gasteiger partial charge is 0.249 e. The molecule has 2 aromatic carbocycles. The monoisotopic (exact) mass is 348 g/mol. The third-order valence-corrected chi connectivity index (χ3v) is 4.04. The first-order valence-corrected chi connectivity index (χ1v) is 8.63. The van der Waals surface area contributed by atoms with Gasteiger partial charge in [-0.25, -0.2) is 0 Å². The van der Waals surface area contributed by atoms with E-state index in [0.29, 0.717) is 17.7 Å². The summed E-state index contributed by atoms with van der Waals surface area (Å²) in [6.45, 7) is 4.34. The second-order valence-corrected chi connectivity index (χ2v) is 6.60. The number of anilines is 5. The van der Waals surface area contributed by atoms with Gasteiger partial charge in [0.1, 0.15) is 0 Å². The molecule has 3 aromatic rings. The first-order chi connectivity index (χ1) is 12.5. The van der Waals surface area contributed by atoms with Crippen LogP contribution in [0.2, 0.25) is 0 Å². The Morgan fingerprint density at radius 2 is 1.65 bits per heavy atom. The van der Waals surface area contributed by atoms with Gasteiger partial charge >= 0.3 is 0 Å². The number of para-hydroxylation sites is 1. The fraction of sp³-hybridized carbons (Fsp3) is 0.250. The molecule has 0 radical (unpaired) electrons. The van der Waals surface area contributed by atoms with Gasteiger partial charge in [-0.3, -0.25) is 0 Å². The second kappa shape index (κ2) is 7.82. The van der Waals surface area contributed by atoms with E-state index >= 15 is 0 Å². The summed E-state index contributed by atoms with van der Waals surface area (Å²) in [7, 11) is 4.03. The van der Waals surface area contributed by atoms with Gasteiger partial charge < -0.3 is 15.5 Å². The highest BCUT2D eigenvalue weighted by molar-refractivity contribution is 5.63. The van der Waals surface area contributed by atoms with E-state index in [9.17, 15) is 0 Å². The van der Waals surface area contributed by atoms with E-state index in [2.05, 4.69) is 50.6 Å². The standard InChI is InChI=1S/C20H24N6/c1-14(2)17-7-5-6-8-18(17)23-19-13-21-25-20(24-19)22-15-9-11-16(12-10-15)26(3)4/h5-14H,1-4H3,(H2,22,23,24,25). The Kier molecular flexibility index (Phi) is 5.31. The number of rotatable bonds is 6. The first-order valence-electron chi connectivity index (χ1n) is 8.63. The van der Waals surface area contributed by atoms with Crippen LogP contribution in [-0.4, -0.2) is 29.3 Å². The first kappa shape index (κ1) is 17.7. The normalized spacial score (nSPS) is 10.7. The Bertz CT molecular complexity index is 858. The molecule has 0 unspecified atom stereocenters. The maximum atomic E-state index is 4.52. The van der Waals surface area contributed by atoms with Crippen molar-refractivity contribution in [3.63, 3.8) is 0 Å². The lowest BCUT2D eigenvalue weighted by molar-refractivity contribution is 0.868. The lowest BCUT2D eigenvalue weighted by atomic mass is 10.0. The van der Waals surface area contributed by atoms with E-state index in [1.165, 1.54) is 5.56 Å². The second-order valence-electron chi connectivity index (χ2n) is 6.60. The molecule has 1 aromatic heterocycles. The van der Waals surface area contributed by atoms with Crippen molar-refractivity contribution in [1.29, 1.82) is 0 Å². The summed E-state index contributed by atoms with van der Waals surface area (Å²) in [6, 6.07) is 16.3.